The Bertz CT molecular complexity index is 740. The van der Waals surface area contributed by atoms with Crippen molar-refractivity contribution >= 4 is 5.82 Å². The molecule has 0 aliphatic carbocycles. The average molecular weight is 366 g/mol. The van der Waals surface area contributed by atoms with E-state index >= 15 is 0 Å². The molecule has 0 radical (unpaired) electrons. The molecule has 144 valence electrons. The fraction of sp³-hybridized carbons (Fsp3) is 0.545. The topological polar surface area (TPSA) is 35.5 Å². The largest absolute Gasteiger partial charge is 0.353 e. The van der Waals surface area contributed by atoms with Crippen LogP contribution in [0.25, 0.3) is 0 Å². The highest BCUT2D eigenvalue weighted by atomic mass is 15.3. The number of nitrogens with zero attached hydrogens (tertiary/aromatic N) is 5. The second-order valence-electron chi connectivity index (χ2n) is 8.08. The van der Waals surface area contributed by atoms with Gasteiger partial charge in [0.1, 0.15) is 5.82 Å². The molecule has 0 amide bonds. The molecule has 4 rings (SSSR count). The van der Waals surface area contributed by atoms with Gasteiger partial charge < -0.3 is 4.90 Å². The lowest BCUT2D eigenvalue weighted by molar-refractivity contribution is 0.213. The highest BCUT2D eigenvalue weighted by Crippen LogP contribution is 2.22. The van der Waals surface area contributed by atoms with Gasteiger partial charge in [0.05, 0.1) is 11.4 Å². The first kappa shape index (κ1) is 18.4. The monoisotopic (exact) mass is 365 g/mol. The van der Waals surface area contributed by atoms with E-state index in [4.69, 9.17) is 4.98 Å². The van der Waals surface area contributed by atoms with Gasteiger partial charge >= 0.3 is 0 Å². The number of rotatable bonds is 5. The van der Waals surface area contributed by atoms with E-state index in [2.05, 4.69) is 56.9 Å². The maximum absolute atomic E-state index is 4.71. The predicted octanol–water partition coefficient (Wildman–Crippen LogP) is 2.74. The number of likely N-dealkylation sites (tertiary alicyclic amines) is 1. The molecular formula is C22H31N5. The van der Waals surface area contributed by atoms with Crippen LogP contribution in [0.1, 0.15) is 23.4 Å². The molecule has 0 saturated carbocycles. The summed E-state index contributed by atoms with van der Waals surface area (Å²) >= 11 is 0. The highest BCUT2D eigenvalue weighted by Gasteiger charge is 2.27. The zero-order valence-corrected chi connectivity index (χ0v) is 16.6. The first-order chi connectivity index (χ1) is 13.2. The molecule has 1 unspecified atom stereocenters. The van der Waals surface area contributed by atoms with Crippen molar-refractivity contribution in [3.05, 3.63) is 53.5 Å². The third-order valence-electron chi connectivity index (χ3n) is 5.86. The van der Waals surface area contributed by atoms with E-state index in [1.807, 2.05) is 13.1 Å². The Labute approximate surface area is 163 Å². The summed E-state index contributed by atoms with van der Waals surface area (Å²) in [5.74, 6) is 1.88. The maximum Gasteiger partial charge on any atom is 0.150 e. The van der Waals surface area contributed by atoms with Crippen LogP contribution in [-0.2, 0) is 6.54 Å². The molecule has 1 atom stereocenters. The number of hydrogen-bond donors (Lipinski definition) is 0. The Morgan fingerprint density at radius 2 is 1.74 bits per heavy atom. The Balaban J connectivity index is 1.24. The second kappa shape index (κ2) is 8.36. The smallest absolute Gasteiger partial charge is 0.150 e. The number of piperazine rings is 1. The van der Waals surface area contributed by atoms with Gasteiger partial charge in [-0.2, -0.15) is 0 Å². The zero-order valence-electron chi connectivity index (χ0n) is 16.6. The summed E-state index contributed by atoms with van der Waals surface area (Å²) in [7, 11) is 0. The van der Waals surface area contributed by atoms with Crippen LogP contribution in [0.4, 0.5) is 5.82 Å². The number of aryl methyl sites for hydroxylation is 2. The maximum atomic E-state index is 4.71. The molecule has 5 heteroatoms. The van der Waals surface area contributed by atoms with Crippen LogP contribution in [0.5, 0.6) is 0 Å². The summed E-state index contributed by atoms with van der Waals surface area (Å²) in [4.78, 5) is 16.9. The van der Waals surface area contributed by atoms with Crippen LogP contribution < -0.4 is 4.90 Å². The number of hydrogen-bond acceptors (Lipinski definition) is 5. The van der Waals surface area contributed by atoms with E-state index in [9.17, 15) is 0 Å². The van der Waals surface area contributed by atoms with Crippen LogP contribution in [0.15, 0.2) is 36.5 Å². The molecule has 0 N–H and O–H groups in total. The zero-order chi connectivity index (χ0) is 18.6. The van der Waals surface area contributed by atoms with Crippen molar-refractivity contribution in [1.82, 2.24) is 19.8 Å². The second-order valence-corrected chi connectivity index (χ2v) is 8.08. The van der Waals surface area contributed by atoms with Crippen molar-refractivity contribution in [2.75, 3.05) is 50.7 Å². The summed E-state index contributed by atoms with van der Waals surface area (Å²) in [5, 5.41) is 0. The third kappa shape index (κ3) is 4.66. The summed E-state index contributed by atoms with van der Waals surface area (Å²) < 4.78 is 0. The minimum Gasteiger partial charge on any atom is -0.353 e. The van der Waals surface area contributed by atoms with Crippen molar-refractivity contribution < 1.29 is 0 Å². The predicted molar refractivity (Wildman–Crippen MR) is 110 cm³/mol. The fourth-order valence-corrected chi connectivity index (χ4v) is 4.38. The lowest BCUT2D eigenvalue weighted by Crippen LogP contribution is -2.48. The molecule has 27 heavy (non-hydrogen) atoms. The fourth-order valence-electron chi connectivity index (χ4n) is 4.38. The average Bonchev–Trinajstić information content (AvgIpc) is 3.12. The Morgan fingerprint density at radius 3 is 2.52 bits per heavy atom. The van der Waals surface area contributed by atoms with Gasteiger partial charge in [-0.05, 0) is 38.3 Å². The molecule has 1 aromatic heterocycles. The van der Waals surface area contributed by atoms with Crippen molar-refractivity contribution in [2.45, 2.75) is 26.8 Å². The van der Waals surface area contributed by atoms with Gasteiger partial charge in [-0.25, -0.2) is 4.98 Å². The molecule has 2 aliphatic rings. The molecule has 3 heterocycles. The molecule has 1 aromatic carbocycles. The molecule has 2 saturated heterocycles. The van der Waals surface area contributed by atoms with Crippen molar-refractivity contribution in [3.8, 4) is 0 Å². The number of benzene rings is 1. The lowest BCUT2D eigenvalue weighted by atomic mass is 10.1. The van der Waals surface area contributed by atoms with E-state index in [-0.39, 0.29) is 0 Å². The number of anilines is 1. The Morgan fingerprint density at radius 1 is 0.963 bits per heavy atom. The van der Waals surface area contributed by atoms with E-state index in [0.717, 1.165) is 55.8 Å². The van der Waals surface area contributed by atoms with E-state index in [0.29, 0.717) is 0 Å². The Hall–Kier alpha value is -1.98. The molecule has 2 aromatic rings. The van der Waals surface area contributed by atoms with E-state index < -0.39 is 0 Å². The van der Waals surface area contributed by atoms with Gasteiger partial charge in [0.15, 0.2) is 0 Å². The highest BCUT2D eigenvalue weighted by molar-refractivity contribution is 5.43. The van der Waals surface area contributed by atoms with Crippen LogP contribution in [0, 0.1) is 19.8 Å². The summed E-state index contributed by atoms with van der Waals surface area (Å²) in [6, 6.07) is 10.9. The molecule has 0 spiro atoms. The van der Waals surface area contributed by atoms with Gasteiger partial charge in [-0.1, -0.05) is 30.3 Å². The summed E-state index contributed by atoms with van der Waals surface area (Å²) in [6.45, 7) is 13.2. The quantitative estimate of drug-likeness (QED) is 0.814. The van der Waals surface area contributed by atoms with Crippen molar-refractivity contribution in [3.63, 3.8) is 0 Å². The van der Waals surface area contributed by atoms with Gasteiger partial charge in [-0.3, -0.25) is 14.8 Å². The van der Waals surface area contributed by atoms with Crippen molar-refractivity contribution in [1.29, 1.82) is 0 Å². The van der Waals surface area contributed by atoms with Gasteiger partial charge in [0.2, 0.25) is 0 Å². The van der Waals surface area contributed by atoms with Crippen LogP contribution in [0.2, 0.25) is 0 Å². The standard InChI is InChI=1S/C22H31N5/c1-18-14-23-19(2)22(24-18)27-12-10-25(11-13-27)16-21-8-9-26(17-21)15-20-6-4-3-5-7-20/h3-7,14,21H,8-13,15-17H2,1-2H3. The van der Waals surface area contributed by atoms with Crippen LogP contribution >= 0.6 is 0 Å². The first-order valence-electron chi connectivity index (χ1n) is 10.2. The lowest BCUT2D eigenvalue weighted by Gasteiger charge is -2.37. The first-order valence-corrected chi connectivity index (χ1v) is 10.2. The molecule has 2 fully saturated rings. The summed E-state index contributed by atoms with van der Waals surface area (Å²) in [5.41, 5.74) is 3.48. The minimum absolute atomic E-state index is 0.806. The van der Waals surface area contributed by atoms with E-state index in [1.54, 1.807) is 0 Å². The van der Waals surface area contributed by atoms with Crippen LogP contribution in [0.3, 0.4) is 0 Å². The molecule has 0 bridgehead atoms. The van der Waals surface area contributed by atoms with Gasteiger partial charge in [0, 0.05) is 52.0 Å². The normalized spacial score (nSPS) is 21.7. The Kier molecular flexibility index (Phi) is 5.69. The number of aromatic nitrogens is 2. The minimum atomic E-state index is 0.806. The van der Waals surface area contributed by atoms with Gasteiger partial charge in [0.25, 0.3) is 0 Å². The molecule has 2 aliphatic heterocycles. The summed E-state index contributed by atoms with van der Waals surface area (Å²) in [6.07, 6.45) is 3.19. The SMILES string of the molecule is Cc1cnc(C)c(N2CCN(CC3CCN(Cc4ccccc4)C3)CC2)n1. The third-order valence-corrected chi connectivity index (χ3v) is 5.86. The van der Waals surface area contributed by atoms with E-state index in [1.165, 1.54) is 31.6 Å². The van der Waals surface area contributed by atoms with Crippen molar-refractivity contribution in [2.24, 2.45) is 5.92 Å². The van der Waals surface area contributed by atoms with Gasteiger partial charge in [-0.15, -0.1) is 0 Å². The molecular weight excluding hydrogens is 334 g/mol. The van der Waals surface area contributed by atoms with Crippen LogP contribution in [-0.4, -0.2) is 65.6 Å². The molecule has 5 nitrogen and oxygen atoms in total.